The van der Waals surface area contributed by atoms with E-state index >= 15 is 0 Å². The molecule has 6 nitrogen and oxygen atoms in total. The highest BCUT2D eigenvalue weighted by Gasteiger charge is 2.11. The monoisotopic (exact) mass is 440 g/mol. The van der Waals surface area contributed by atoms with Crippen LogP contribution in [0.15, 0.2) is 97.1 Å². The molecule has 0 bridgehead atoms. The average molecular weight is 440 g/mol. The first-order valence-electron chi connectivity index (χ1n) is 10.1. The van der Waals surface area contributed by atoms with Gasteiger partial charge in [0.25, 0.3) is 0 Å². The van der Waals surface area contributed by atoms with Crippen molar-refractivity contribution in [1.29, 1.82) is 0 Å². The number of carbonyl (C=O) groups excluding carboxylic acids is 1. The van der Waals surface area contributed by atoms with E-state index in [9.17, 15) is 9.59 Å². The number of carbonyl (C=O) groups is 2. The predicted octanol–water partition coefficient (Wildman–Crippen LogP) is 5.36. The third-order valence-corrected chi connectivity index (χ3v) is 4.96. The number of hydrogen-bond donors (Lipinski definition) is 3. The summed E-state index contributed by atoms with van der Waals surface area (Å²) in [6, 6.07) is 29.8. The quantitative estimate of drug-likeness (QED) is 0.291. The van der Waals surface area contributed by atoms with Gasteiger partial charge in [0.1, 0.15) is 0 Å². The molecule has 0 aliphatic carbocycles. The van der Waals surface area contributed by atoms with Crippen molar-refractivity contribution in [1.82, 2.24) is 0 Å². The van der Waals surface area contributed by atoms with E-state index < -0.39 is 11.9 Å². The van der Waals surface area contributed by atoms with Crippen molar-refractivity contribution in [2.24, 2.45) is 0 Å². The number of benzene rings is 4. The van der Waals surface area contributed by atoms with E-state index in [0.29, 0.717) is 11.3 Å². The molecule has 0 saturated carbocycles. The highest BCUT2D eigenvalue weighted by atomic mass is 16.5. The van der Waals surface area contributed by atoms with E-state index in [2.05, 4.69) is 4.74 Å². The van der Waals surface area contributed by atoms with Crippen LogP contribution in [-0.4, -0.2) is 24.2 Å². The van der Waals surface area contributed by atoms with Crippen molar-refractivity contribution in [3.05, 3.63) is 108 Å². The first kappa shape index (κ1) is 23.1. The number of rotatable bonds is 4. The van der Waals surface area contributed by atoms with E-state index in [0.717, 1.165) is 22.3 Å². The fourth-order valence-corrected chi connectivity index (χ4v) is 3.20. The van der Waals surface area contributed by atoms with Gasteiger partial charge in [-0.2, -0.15) is 0 Å². The zero-order chi connectivity index (χ0) is 23.8. The number of carboxylic acid groups (broad SMARTS) is 1. The third-order valence-electron chi connectivity index (χ3n) is 4.96. The molecule has 4 aromatic rings. The van der Waals surface area contributed by atoms with Crippen molar-refractivity contribution in [3.63, 3.8) is 0 Å². The molecule has 0 aliphatic rings. The minimum atomic E-state index is -1.00. The van der Waals surface area contributed by atoms with Gasteiger partial charge in [0, 0.05) is 11.4 Å². The van der Waals surface area contributed by atoms with Crippen LogP contribution in [-0.2, 0) is 4.74 Å². The van der Waals surface area contributed by atoms with E-state index in [1.807, 2.05) is 72.8 Å². The van der Waals surface area contributed by atoms with Crippen LogP contribution in [0.2, 0.25) is 0 Å². The van der Waals surface area contributed by atoms with Crippen LogP contribution < -0.4 is 11.5 Å². The van der Waals surface area contributed by atoms with Crippen molar-refractivity contribution < 1.29 is 19.4 Å². The van der Waals surface area contributed by atoms with Gasteiger partial charge in [-0.3, -0.25) is 0 Å². The van der Waals surface area contributed by atoms with Crippen LogP contribution in [0, 0.1) is 0 Å². The molecule has 0 amide bonds. The standard InChI is InChI=1S/C14H13NO2.C13H11NO2/c1-17-14(16)12-9-11(7-8-13(12)15)10-5-3-2-4-6-10;14-12-7-6-10(8-11(12)13(15)16)9-4-2-1-3-5-9/h2-9H,15H2,1H3;1-8H,14H2,(H,15,16). The number of ether oxygens (including phenoxy) is 1. The Kier molecular flexibility index (Phi) is 7.44. The molecule has 5 N–H and O–H groups in total. The maximum atomic E-state index is 11.5. The normalized spacial score (nSPS) is 9.97. The van der Waals surface area contributed by atoms with E-state index in [1.54, 1.807) is 24.3 Å². The zero-order valence-corrected chi connectivity index (χ0v) is 18.1. The Balaban J connectivity index is 0.000000186. The lowest BCUT2D eigenvalue weighted by atomic mass is 10.0. The third kappa shape index (κ3) is 5.77. The minimum absolute atomic E-state index is 0.140. The van der Waals surface area contributed by atoms with Crippen LogP contribution in [0.3, 0.4) is 0 Å². The van der Waals surface area contributed by atoms with Gasteiger partial charge < -0.3 is 21.3 Å². The van der Waals surface area contributed by atoms with Crippen molar-refractivity contribution >= 4 is 23.3 Å². The van der Waals surface area contributed by atoms with Gasteiger partial charge in [0.05, 0.1) is 18.2 Å². The lowest BCUT2D eigenvalue weighted by Crippen LogP contribution is -2.05. The molecule has 6 heteroatoms. The molecule has 0 fully saturated rings. The summed E-state index contributed by atoms with van der Waals surface area (Å²) >= 11 is 0. The van der Waals surface area contributed by atoms with Crippen LogP contribution in [0.4, 0.5) is 11.4 Å². The molecule has 4 aromatic carbocycles. The summed E-state index contributed by atoms with van der Waals surface area (Å²) in [6.45, 7) is 0. The summed E-state index contributed by atoms with van der Waals surface area (Å²) in [4.78, 5) is 22.4. The summed E-state index contributed by atoms with van der Waals surface area (Å²) in [5.74, 6) is -1.42. The molecule has 0 heterocycles. The number of esters is 1. The fourth-order valence-electron chi connectivity index (χ4n) is 3.20. The maximum absolute atomic E-state index is 11.5. The Bertz CT molecular complexity index is 1260. The second-order valence-corrected chi connectivity index (χ2v) is 7.13. The lowest BCUT2D eigenvalue weighted by molar-refractivity contribution is 0.0601. The summed E-state index contributed by atoms with van der Waals surface area (Å²) < 4.78 is 4.69. The molecule has 0 radical (unpaired) electrons. The topological polar surface area (TPSA) is 116 Å². The summed E-state index contributed by atoms with van der Waals surface area (Å²) in [6.07, 6.45) is 0. The Hall–Kier alpha value is -4.58. The molecule has 0 aliphatic heterocycles. The van der Waals surface area contributed by atoms with Gasteiger partial charge in [0.15, 0.2) is 0 Å². The molecule has 33 heavy (non-hydrogen) atoms. The average Bonchev–Trinajstić information content (AvgIpc) is 2.85. The Labute approximate surface area is 192 Å². The Morgan fingerprint density at radius 3 is 1.48 bits per heavy atom. The van der Waals surface area contributed by atoms with Gasteiger partial charge >= 0.3 is 11.9 Å². The van der Waals surface area contributed by atoms with Crippen LogP contribution >= 0.6 is 0 Å². The number of anilines is 2. The smallest absolute Gasteiger partial charge is 0.339 e. The van der Waals surface area contributed by atoms with Gasteiger partial charge in [-0.05, 0) is 46.5 Å². The van der Waals surface area contributed by atoms with Crippen LogP contribution in [0.1, 0.15) is 20.7 Å². The van der Waals surface area contributed by atoms with E-state index in [1.165, 1.54) is 7.11 Å². The molecule has 0 spiro atoms. The number of hydrogen-bond acceptors (Lipinski definition) is 5. The van der Waals surface area contributed by atoms with Crippen molar-refractivity contribution in [2.75, 3.05) is 18.6 Å². The number of nitrogen functional groups attached to an aromatic ring is 2. The van der Waals surface area contributed by atoms with E-state index in [4.69, 9.17) is 16.6 Å². The number of nitrogens with two attached hydrogens (primary N) is 2. The summed E-state index contributed by atoms with van der Waals surface area (Å²) in [5, 5.41) is 8.96. The number of aromatic carboxylic acids is 1. The van der Waals surface area contributed by atoms with Gasteiger partial charge in [0.2, 0.25) is 0 Å². The Morgan fingerprint density at radius 1 is 0.636 bits per heavy atom. The Morgan fingerprint density at radius 2 is 1.06 bits per heavy atom. The highest BCUT2D eigenvalue weighted by molar-refractivity contribution is 5.96. The summed E-state index contributed by atoms with van der Waals surface area (Å²) in [7, 11) is 1.34. The SMILES string of the molecule is COC(=O)c1cc(-c2ccccc2)ccc1N.Nc1ccc(-c2ccccc2)cc1C(=O)O. The van der Waals surface area contributed by atoms with Gasteiger partial charge in [-0.25, -0.2) is 9.59 Å². The first-order chi connectivity index (χ1) is 15.9. The lowest BCUT2D eigenvalue weighted by Gasteiger charge is -2.07. The fraction of sp³-hybridized carbons (Fsp3) is 0.0370. The van der Waals surface area contributed by atoms with Crippen molar-refractivity contribution in [3.8, 4) is 22.3 Å². The maximum Gasteiger partial charge on any atom is 0.339 e. The van der Waals surface area contributed by atoms with Crippen LogP contribution in [0.25, 0.3) is 22.3 Å². The number of carboxylic acids is 1. The molecule has 0 aromatic heterocycles. The highest BCUT2D eigenvalue weighted by Crippen LogP contribution is 2.25. The second-order valence-electron chi connectivity index (χ2n) is 7.13. The molecular formula is C27H24N2O4. The van der Waals surface area contributed by atoms with Gasteiger partial charge in [-0.1, -0.05) is 72.8 Å². The molecule has 4 rings (SSSR count). The molecule has 0 unspecified atom stereocenters. The molecule has 0 saturated heterocycles. The predicted molar refractivity (Wildman–Crippen MR) is 131 cm³/mol. The molecule has 0 atom stereocenters. The second kappa shape index (κ2) is 10.6. The number of methoxy groups -OCH3 is 1. The zero-order valence-electron chi connectivity index (χ0n) is 18.1. The van der Waals surface area contributed by atoms with Crippen molar-refractivity contribution in [2.45, 2.75) is 0 Å². The largest absolute Gasteiger partial charge is 0.478 e. The molecule has 166 valence electrons. The molecular weight excluding hydrogens is 416 g/mol. The van der Waals surface area contributed by atoms with Gasteiger partial charge in [-0.15, -0.1) is 0 Å². The van der Waals surface area contributed by atoms with Crippen LogP contribution in [0.5, 0.6) is 0 Å². The summed E-state index contributed by atoms with van der Waals surface area (Å²) in [5.41, 5.74) is 16.4. The van der Waals surface area contributed by atoms with E-state index in [-0.39, 0.29) is 11.3 Å². The first-order valence-corrected chi connectivity index (χ1v) is 10.1. The minimum Gasteiger partial charge on any atom is -0.478 e.